The van der Waals surface area contributed by atoms with Crippen LogP contribution in [0.1, 0.15) is 18.1 Å². The summed E-state index contributed by atoms with van der Waals surface area (Å²) in [4.78, 5) is 0. The molecule has 2 N–H and O–H groups in total. The Morgan fingerprint density at radius 2 is 1.47 bits per heavy atom. The van der Waals surface area contributed by atoms with Gasteiger partial charge in [-0.1, -0.05) is 48.5 Å². The smallest absolute Gasteiger partial charge is 0.125 e. The molecule has 2 aromatic rings. The van der Waals surface area contributed by atoms with Crippen molar-refractivity contribution in [2.45, 2.75) is 12.5 Å². The van der Waals surface area contributed by atoms with E-state index in [1.54, 1.807) is 0 Å². The number of rotatable bonds is 5. The lowest BCUT2D eigenvalue weighted by Gasteiger charge is -2.18. The Labute approximate surface area is 102 Å². The maximum Gasteiger partial charge on any atom is 0.125 e. The lowest BCUT2D eigenvalue weighted by molar-refractivity contribution is 0.198. The summed E-state index contributed by atoms with van der Waals surface area (Å²) in [5.41, 5.74) is 6.81. The van der Waals surface area contributed by atoms with Crippen molar-refractivity contribution in [3.8, 4) is 5.75 Å². The van der Waals surface area contributed by atoms with E-state index in [2.05, 4.69) is 12.1 Å². The minimum Gasteiger partial charge on any atom is -0.486 e. The zero-order valence-electron chi connectivity index (χ0n) is 9.75. The third-order valence-electron chi connectivity index (χ3n) is 2.62. The molecule has 0 saturated carbocycles. The highest BCUT2D eigenvalue weighted by Crippen LogP contribution is 2.23. The van der Waals surface area contributed by atoms with Crippen LogP contribution in [0.25, 0.3) is 0 Å². The van der Waals surface area contributed by atoms with Gasteiger partial charge >= 0.3 is 0 Å². The SMILES string of the molecule is NCC[C@H](Oc1ccccc1)c1ccccc1. The fourth-order valence-corrected chi connectivity index (χ4v) is 1.78. The molecule has 0 heterocycles. The van der Waals surface area contributed by atoms with Gasteiger partial charge in [0.25, 0.3) is 0 Å². The molecule has 1 atom stereocenters. The van der Waals surface area contributed by atoms with Crippen LogP contribution in [-0.2, 0) is 0 Å². The van der Waals surface area contributed by atoms with Gasteiger partial charge in [-0.05, 0) is 24.2 Å². The first-order valence-electron chi connectivity index (χ1n) is 5.87. The summed E-state index contributed by atoms with van der Waals surface area (Å²) in [6.07, 6.45) is 0.849. The molecule has 0 bridgehead atoms. The lowest BCUT2D eigenvalue weighted by Crippen LogP contribution is -2.13. The Morgan fingerprint density at radius 3 is 2.06 bits per heavy atom. The zero-order valence-corrected chi connectivity index (χ0v) is 9.75. The van der Waals surface area contributed by atoms with Crippen molar-refractivity contribution in [1.82, 2.24) is 0 Å². The second kappa shape index (κ2) is 6.06. The average molecular weight is 227 g/mol. The standard InChI is InChI=1S/C15H17NO/c16-12-11-15(13-7-3-1-4-8-13)17-14-9-5-2-6-10-14/h1-10,15H,11-12,16H2/t15-/m0/s1. The average Bonchev–Trinajstić information content (AvgIpc) is 2.40. The van der Waals surface area contributed by atoms with E-state index in [9.17, 15) is 0 Å². The minimum atomic E-state index is 0.0311. The van der Waals surface area contributed by atoms with Crippen molar-refractivity contribution in [1.29, 1.82) is 0 Å². The first-order chi connectivity index (χ1) is 8.40. The Kier molecular flexibility index (Phi) is 4.17. The van der Waals surface area contributed by atoms with Crippen LogP contribution in [0, 0.1) is 0 Å². The van der Waals surface area contributed by atoms with Gasteiger partial charge in [0, 0.05) is 6.42 Å². The first kappa shape index (κ1) is 11.7. The van der Waals surface area contributed by atoms with E-state index in [1.807, 2.05) is 48.5 Å². The summed E-state index contributed by atoms with van der Waals surface area (Å²) in [6, 6.07) is 20.0. The maximum absolute atomic E-state index is 5.96. The molecule has 0 spiro atoms. The molecule has 0 unspecified atom stereocenters. The topological polar surface area (TPSA) is 35.2 Å². The summed E-state index contributed by atoms with van der Waals surface area (Å²) in [5.74, 6) is 0.884. The quantitative estimate of drug-likeness (QED) is 0.851. The molecule has 0 radical (unpaired) electrons. The first-order valence-corrected chi connectivity index (χ1v) is 5.87. The van der Waals surface area contributed by atoms with Gasteiger partial charge in [0.05, 0.1) is 0 Å². The Bertz CT molecular complexity index is 427. The zero-order chi connectivity index (χ0) is 11.9. The molecular formula is C15H17NO. The lowest BCUT2D eigenvalue weighted by atomic mass is 10.1. The van der Waals surface area contributed by atoms with Crippen LogP contribution in [0.5, 0.6) is 5.75 Å². The number of nitrogens with two attached hydrogens (primary N) is 1. The molecule has 0 aliphatic carbocycles. The van der Waals surface area contributed by atoms with Crippen LogP contribution >= 0.6 is 0 Å². The third kappa shape index (κ3) is 3.33. The van der Waals surface area contributed by atoms with Gasteiger partial charge in [-0.3, -0.25) is 0 Å². The molecule has 0 amide bonds. The molecule has 0 aliphatic heterocycles. The third-order valence-corrected chi connectivity index (χ3v) is 2.62. The van der Waals surface area contributed by atoms with Crippen molar-refractivity contribution in [2.75, 3.05) is 6.54 Å². The second-order valence-electron chi connectivity index (χ2n) is 3.91. The van der Waals surface area contributed by atoms with Gasteiger partial charge in [-0.2, -0.15) is 0 Å². The van der Waals surface area contributed by atoms with Crippen LogP contribution in [0.2, 0.25) is 0 Å². The highest BCUT2D eigenvalue weighted by molar-refractivity contribution is 5.24. The summed E-state index contributed by atoms with van der Waals surface area (Å²) >= 11 is 0. The van der Waals surface area contributed by atoms with Crippen molar-refractivity contribution in [3.05, 3.63) is 66.2 Å². The molecule has 88 valence electrons. The summed E-state index contributed by atoms with van der Waals surface area (Å²) in [7, 11) is 0. The second-order valence-corrected chi connectivity index (χ2v) is 3.91. The van der Waals surface area contributed by atoms with Crippen molar-refractivity contribution >= 4 is 0 Å². The Morgan fingerprint density at radius 1 is 0.882 bits per heavy atom. The fourth-order valence-electron chi connectivity index (χ4n) is 1.78. The van der Waals surface area contributed by atoms with E-state index in [0.29, 0.717) is 6.54 Å². The number of benzene rings is 2. The van der Waals surface area contributed by atoms with Gasteiger partial charge < -0.3 is 10.5 Å². The number of para-hydroxylation sites is 1. The molecular weight excluding hydrogens is 210 g/mol. The Balaban J connectivity index is 2.13. The van der Waals surface area contributed by atoms with E-state index in [1.165, 1.54) is 5.56 Å². The van der Waals surface area contributed by atoms with E-state index in [-0.39, 0.29) is 6.10 Å². The largest absolute Gasteiger partial charge is 0.486 e. The fraction of sp³-hybridized carbons (Fsp3) is 0.200. The molecule has 0 aromatic heterocycles. The molecule has 2 heteroatoms. The normalized spacial score (nSPS) is 12.1. The van der Waals surface area contributed by atoms with Gasteiger partial charge in [0.2, 0.25) is 0 Å². The van der Waals surface area contributed by atoms with Crippen molar-refractivity contribution < 1.29 is 4.74 Å². The monoisotopic (exact) mass is 227 g/mol. The van der Waals surface area contributed by atoms with Gasteiger partial charge in [-0.15, -0.1) is 0 Å². The van der Waals surface area contributed by atoms with Crippen LogP contribution in [-0.4, -0.2) is 6.54 Å². The summed E-state index contributed by atoms with van der Waals surface area (Å²) < 4.78 is 5.96. The van der Waals surface area contributed by atoms with Gasteiger partial charge in [0.15, 0.2) is 0 Å². The highest BCUT2D eigenvalue weighted by atomic mass is 16.5. The maximum atomic E-state index is 5.96. The molecule has 17 heavy (non-hydrogen) atoms. The highest BCUT2D eigenvalue weighted by Gasteiger charge is 2.11. The number of hydrogen-bond acceptors (Lipinski definition) is 2. The minimum absolute atomic E-state index is 0.0311. The number of hydrogen-bond donors (Lipinski definition) is 1. The predicted molar refractivity (Wildman–Crippen MR) is 69.9 cm³/mol. The van der Waals surface area contributed by atoms with Crippen molar-refractivity contribution in [2.24, 2.45) is 5.73 Å². The molecule has 0 fully saturated rings. The van der Waals surface area contributed by atoms with Gasteiger partial charge in [0.1, 0.15) is 11.9 Å². The van der Waals surface area contributed by atoms with E-state index >= 15 is 0 Å². The van der Waals surface area contributed by atoms with Crippen LogP contribution < -0.4 is 10.5 Å². The van der Waals surface area contributed by atoms with E-state index in [0.717, 1.165) is 12.2 Å². The Hall–Kier alpha value is -1.80. The van der Waals surface area contributed by atoms with E-state index in [4.69, 9.17) is 10.5 Å². The van der Waals surface area contributed by atoms with Crippen LogP contribution in [0.4, 0.5) is 0 Å². The van der Waals surface area contributed by atoms with Crippen molar-refractivity contribution in [3.63, 3.8) is 0 Å². The molecule has 0 saturated heterocycles. The van der Waals surface area contributed by atoms with Crippen LogP contribution in [0.3, 0.4) is 0 Å². The predicted octanol–water partition coefficient (Wildman–Crippen LogP) is 3.16. The molecule has 2 rings (SSSR count). The van der Waals surface area contributed by atoms with Gasteiger partial charge in [-0.25, -0.2) is 0 Å². The number of ether oxygens (including phenoxy) is 1. The molecule has 0 aliphatic rings. The van der Waals surface area contributed by atoms with E-state index < -0.39 is 0 Å². The van der Waals surface area contributed by atoms with Crippen LogP contribution in [0.15, 0.2) is 60.7 Å². The molecule has 2 nitrogen and oxygen atoms in total. The summed E-state index contributed by atoms with van der Waals surface area (Å²) in [5, 5.41) is 0. The summed E-state index contributed by atoms with van der Waals surface area (Å²) in [6.45, 7) is 0.617. The molecule has 2 aromatic carbocycles.